The lowest BCUT2D eigenvalue weighted by molar-refractivity contribution is -0.385. The topological polar surface area (TPSA) is 126 Å². The Bertz CT molecular complexity index is 947. The van der Waals surface area contributed by atoms with Crippen LogP contribution in [0.1, 0.15) is 17.4 Å². The standard InChI is InChI=1S/C17H23N5O4S2.HI/c1-3-18-17(20-12-16-13(2)7-10-27-16)19-8-9-21-28(25,26)15-6-4-5-14(11-15)22(23)24;/h4-7,10-11,21H,3,8-9,12H2,1-2H3,(H2,18,19,20);1H. The Morgan fingerprint density at radius 3 is 2.62 bits per heavy atom. The van der Waals surface area contributed by atoms with Gasteiger partial charge in [-0.3, -0.25) is 10.1 Å². The molecule has 1 heterocycles. The third-order valence-electron chi connectivity index (χ3n) is 3.74. The Balaban J connectivity index is 0.00000420. The highest BCUT2D eigenvalue weighted by Crippen LogP contribution is 2.17. The average Bonchev–Trinajstić information content (AvgIpc) is 3.08. The van der Waals surface area contributed by atoms with E-state index in [1.165, 1.54) is 28.6 Å². The number of guanidine groups is 1. The van der Waals surface area contributed by atoms with Crippen molar-refractivity contribution in [3.05, 3.63) is 56.3 Å². The van der Waals surface area contributed by atoms with Crippen LogP contribution in [0.25, 0.3) is 0 Å². The first-order chi connectivity index (χ1) is 13.3. The van der Waals surface area contributed by atoms with Gasteiger partial charge in [-0.05, 0) is 36.9 Å². The van der Waals surface area contributed by atoms with Crippen molar-refractivity contribution >= 4 is 57.0 Å². The van der Waals surface area contributed by atoms with Gasteiger partial charge in [0, 0.05) is 36.6 Å². The molecule has 0 fully saturated rings. The van der Waals surface area contributed by atoms with E-state index in [4.69, 9.17) is 0 Å². The second-order valence-corrected chi connectivity index (χ2v) is 8.57. The summed E-state index contributed by atoms with van der Waals surface area (Å²) in [6.45, 7) is 5.60. The zero-order chi connectivity index (χ0) is 20.6. The third kappa shape index (κ3) is 7.87. The first-order valence-corrected chi connectivity index (χ1v) is 11.0. The number of sulfonamides is 1. The fraction of sp³-hybridized carbons (Fsp3) is 0.353. The lowest BCUT2D eigenvalue weighted by Gasteiger charge is -2.12. The van der Waals surface area contributed by atoms with Gasteiger partial charge < -0.3 is 10.6 Å². The monoisotopic (exact) mass is 553 g/mol. The molecule has 0 aliphatic heterocycles. The maximum Gasteiger partial charge on any atom is 0.270 e. The fourth-order valence-corrected chi connectivity index (χ4v) is 4.17. The highest BCUT2D eigenvalue weighted by molar-refractivity contribution is 14.0. The molecule has 3 N–H and O–H groups in total. The molecule has 0 radical (unpaired) electrons. The second kappa shape index (κ2) is 12.0. The number of thiophene rings is 1. The molecule has 0 aliphatic carbocycles. The Labute approximate surface area is 191 Å². The summed E-state index contributed by atoms with van der Waals surface area (Å²) in [6, 6.07) is 6.98. The van der Waals surface area contributed by atoms with Crippen LogP contribution in [0, 0.1) is 17.0 Å². The molecule has 29 heavy (non-hydrogen) atoms. The number of nitrogens with one attached hydrogen (secondary N) is 3. The minimum Gasteiger partial charge on any atom is -0.357 e. The minimum atomic E-state index is -3.83. The van der Waals surface area contributed by atoms with Gasteiger partial charge in [0.2, 0.25) is 10.0 Å². The van der Waals surface area contributed by atoms with Crippen molar-refractivity contribution in [1.82, 2.24) is 15.4 Å². The second-order valence-electron chi connectivity index (χ2n) is 5.80. The SMILES string of the molecule is CCNC(=NCc1sccc1C)NCCNS(=O)(=O)c1cccc([N+](=O)[O-])c1.I. The molecule has 160 valence electrons. The van der Waals surface area contributed by atoms with E-state index in [1.807, 2.05) is 25.3 Å². The zero-order valence-corrected chi connectivity index (χ0v) is 20.0. The Morgan fingerprint density at radius 2 is 2.00 bits per heavy atom. The molecular formula is C17H24IN5O4S2. The van der Waals surface area contributed by atoms with E-state index in [9.17, 15) is 18.5 Å². The van der Waals surface area contributed by atoms with E-state index in [1.54, 1.807) is 11.3 Å². The van der Waals surface area contributed by atoms with Gasteiger partial charge in [-0.25, -0.2) is 18.1 Å². The van der Waals surface area contributed by atoms with Crippen molar-refractivity contribution in [3.8, 4) is 0 Å². The molecule has 0 bridgehead atoms. The third-order valence-corrected chi connectivity index (χ3v) is 6.21. The average molecular weight is 553 g/mol. The Kier molecular flexibility index (Phi) is 10.5. The van der Waals surface area contributed by atoms with Crippen LogP contribution in [0.3, 0.4) is 0 Å². The van der Waals surface area contributed by atoms with Crippen LogP contribution in [-0.2, 0) is 16.6 Å². The van der Waals surface area contributed by atoms with Crippen molar-refractivity contribution in [2.75, 3.05) is 19.6 Å². The fourth-order valence-electron chi connectivity index (χ4n) is 2.27. The number of non-ortho nitro benzene ring substituents is 1. The highest BCUT2D eigenvalue weighted by Gasteiger charge is 2.17. The van der Waals surface area contributed by atoms with Crippen LogP contribution in [-0.4, -0.2) is 38.9 Å². The minimum absolute atomic E-state index is 0. The quantitative estimate of drug-likeness (QED) is 0.110. The van der Waals surface area contributed by atoms with E-state index < -0.39 is 14.9 Å². The molecule has 0 aliphatic rings. The van der Waals surface area contributed by atoms with Gasteiger partial charge in [0.1, 0.15) is 0 Å². The number of nitro groups is 1. The molecule has 0 amide bonds. The van der Waals surface area contributed by atoms with Crippen LogP contribution in [0.2, 0.25) is 0 Å². The molecule has 0 saturated heterocycles. The zero-order valence-electron chi connectivity index (χ0n) is 16.0. The number of nitrogens with zero attached hydrogens (tertiary/aromatic N) is 2. The van der Waals surface area contributed by atoms with Crippen LogP contribution in [0.5, 0.6) is 0 Å². The van der Waals surface area contributed by atoms with Crippen molar-refractivity contribution < 1.29 is 13.3 Å². The highest BCUT2D eigenvalue weighted by atomic mass is 127. The molecule has 2 rings (SSSR count). The predicted octanol–water partition coefficient (Wildman–Crippen LogP) is 2.62. The molecule has 2 aromatic rings. The van der Waals surface area contributed by atoms with Gasteiger partial charge in [0.15, 0.2) is 5.96 Å². The smallest absolute Gasteiger partial charge is 0.270 e. The molecular weight excluding hydrogens is 529 g/mol. The predicted molar refractivity (Wildman–Crippen MR) is 126 cm³/mol. The molecule has 0 atom stereocenters. The van der Waals surface area contributed by atoms with Gasteiger partial charge in [0.05, 0.1) is 16.4 Å². The summed E-state index contributed by atoms with van der Waals surface area (Å²) < 4.78 is 27.0. The van der Waals surface area contributed by atoms with E-state index in [2.05, 4.69) is 20.3 Å². The van der Waals surface area contributed by atoms with Crippen LogP contribution in [0.4, 0.5) is 5.69 Å². The number of halogens is 1. The maximum absolute atomic E-state index is 12.3. The van der Waals surface area contributed by atoms with Crippen LogP contribution >= 0.6 is 35.3 Å². The van der Waals surface area contributed by atoms with Crippen molar-refractivity contribution in [2.24, 2.45) is 4.99 Å². The van der Waals surface area contributed by atoms with E-state index in [0.29, 0.717) is 25.6 Å². The van der Waals surface area contributed by atoms with Gasteiger partial charge in [-0.1, -0.05) is 6.07 Å². The molecule has 9 nitrogen and oxygen atoms in total. The number of aryl methyl sites for hydroxylation is 1. The van der Waals surface area contributed by atoms with E-state index in [-0.39, 0.29) is 41.1 Å². The van der Waals surface area contributed by atoms with Crippen LogP contribution < -0.4 is 15.4 Å². The van der Waals surface area contributed by atoms with Crippen LogP contribution in [0.15, 0.2) is 45.6 Å². The molecule has 12 heteroatoms. The van der Waals surface area contributed by atoms with Gasteiger partial charge in [-0.2, -0.15) is 0 Å². The molecule has 1 aromatic carbocycles. The number of benzene rings is 1. The Morgan fingerprint density at radius 1 is 1.24 bits per heavy atom. The largest absolute Gasteiger partial charge is 0.357 e. The van der Waals surface area contributed by atoms with E-state index >= 15 is 0 Å². The first kappa shape index (κ1) is 25.3. The summed E-state index contributed by atoms with van der Waals surface area (Å²) >= 11 is 1.64. The summed E-state index contributed by atoms with van der Waals surface area (Å²) in [5.41, 5.74) is 0.917. The lowest BCUT2D eigenvalue weighted by Crippen LogP contribution is -2.41. The number of nitro benzene ring substituents is 1. The van der Waals surface area contributed by atoms with Crippen molar-refractivity contribution in [2.45, 2.75) is 25.3 Å². The Hall–Kier alpha value is -1.77. The lowest BCUT2D eigenvalue weighted by atomic mass is 10.3. The summed E-state index contributed by atoms with van der Waals surface area (Å²) in [5, 5.41) is 19.0. The van der Waals surface area contributed by atoms with E-state index in [0.717, 1.165) is 6.07 Å². The first-order valence-electron chi connectivity index (χ1n) is 8.62. The van der Waals surface area contributed by atoms with Crippen molar-refractivity contribution in [1.29, 1.82) is 0 Å². The number of rotatable bonds is 9. The summed E-state index contributed by atoms with van der Waals surface area (Å²) in [7, 11) is -3.83. The number of hydrogen-bond donors (Lipinski definition) is 3. The normalized spacial score (nSPS) is 11.6. The van der Waals surface area contributed by atoms with Crippen molar-refractivity contribution in [3.63, 3.8) is 0 Å². The maximum atomic E-state index is 12.3. The molecule has 1 aromatic heterocycles. The summed E-state index contributed by atoms with van der Waals surface area (Å²) in [4.78, 5) is 15.7. The van der Waals surface area contributed by atoms with Gasteiger partial charge in [0.25, 0.3) is 5.69 Å². The van der Waals surface area contributed by atoms with Gasteiger partial charge >= 0.3 is 0 Å². The number of aliphatic imine (C=N–C) groups is 1. The summed E-state index contributed by atoms with van der Waals surface area (Å²) in [5.74, 6) is 0.588. The molecule has 0 spiro atoms. The molecule has 0 unspecified atom stereocenters. The van der Waals surface area contributed by atoms with Gasteiger partial charge in [-0.15, -0.1) is 35.3 Å². The molecule has 0 saturated carbocycles. The number of hydrogen-bond acceptors (Lipinski definition) is 6. The summed E-state index contributed by atoms with van der Waals surface area (Å²) in [6.07, 6.45) is 0.